The van der Waals surface area contributed by atoms with Crippen LogP contribution in [0.15, 0.2) is 12.4 Å². The Bertz CT molecular complexity index is 568. The van der Waals surface area contributed by atoms with Gasteiger partial charge in [0.15, 0.2) is 0 Å². The van der Waals surface area contributed by atoms with E-state index in [1.165, 1.54) is 19.3 Å². The summed E-state index contributed by atoms with van der Waals surface area (Å²) in [7, 11) is 0. The lowest BCUT2D eigenvalue weighted by atomic mass is 9.84. The molecule has 2 saturated carbocycles. The summed E-state index contributed by atoms with van der Waals surface area (Å²) >= 11 is 0. The number of nitrogens with zero attached hydrogens (tertiary/aromatic N) is 3. The summed E-state index contributed by atoms with van der Waals surface area (Å²) in [6.45, 7) is 3.88. The lowest BCUT2D eigenvalue weighted by Gasteiger charge is -2.27. The highest BCUT2D eigenvalue weighted by molar-refractivity contribution is 5.79. The van der Waals surface area contributed by atoms with Gasteiger partial charge in [0.2, 0.25) is 5.91 Å². The minimum absolute atomic E-state index is 0.271. The molecule has 2 atom stereocenters. The number of carbonyl (C=O) groups excluding carboxylic acids is 1. The second kappa shape index (κ2) is 5.52. The molecule has 0 spiro atoms. The number of aryl methyl sites for hydroxylation is 1. The van der Waals surface area contributed by atoms with Gasteiger partial charge in [0, 0.05) is 37.3 Å². The molecule has 1 aliphatic heterocycles. The van der Waals surface area contributed by atoms with Crippen molar-refractivity contribution in [2.75, 3.05) is 18.0 Å². The maximum absolute atomic E-state index is 12.3. The van der Waals surface area contributed by atoms with Gasteiger partial charge in [-0.25, -0.2) is 4.98 Å². The number of amides is 1. The van der Waals surface area contributed by atoms with Crippen LogP contribution in [-0.2, 0) is 4.79 Å². The average Bonchev–Trinajstić information content (AvgIpc) is 3.19. The van der Waals surface area contributed by atoms with Crippen molar-refractivity contribution >= 4 is 11.7 Å². The molecule has 2 heterocycles. The standard InChI is InChI=1S/C17H24N4O/c1-11-16(19-8-7-18-11)21-9-14(12-5-6-12)15(10-21)20-17(22)13-3-2-4-13/h7-8,12-15H,2-6,9-10H2,1H3,(H,20,22)/t14-,15+/m0/s1. The van der Waals surface area contributed by atoms with Crippen LogP contribution < -0.4 is 10.2 Å². The van der Waals surface area contributed by atoms with E-state index < -0.39 is 0 Å². The molecule has 1 aromatic heterocycles. The Morgan fingerprint density at radius 3 is 2.59 bits per heavy atom. The molecule has 1 N–H and O–H groups in total. The monoisotopic (exact) mass is 300 g/mol. The lowest BCUT2D eigenvalue weighted by molar-refractivity contribution is -0.128. The van der Waals surface area contributed by atoms with Crippen LogP contribution in [0.2, 0.25) is 0 Å². The van der Waals surface area contributed by atoms with Gasteiger partial charge in [-0.2, -0.15) is 0 Å². The van der Waals surface area contributed by atoms with Gasteiger partial charge in [-0.3, -0.25) is 9.78 Å². The van der Waals surface area contributed by atoms with Crippen molar-refractivity contribution in [1.29, 1.82) is 0 Å². The van der Waals surface area contributed by atoms with E-state index in [0.29, 0.717) is 5.92 Å². The number of anilines is 1. The summed E-state index contributed by atoms with van der Waals surface area (Å²) in [6, 6.07) is 0.280. The number of aromatic nitrogens is 2. The highest BCUT2D eigenvalue weighted by Crippen LogP contribution is 2.42. The number of nitrogens with one attached hydrogen (secondary N) is 1. The van der Waals surface area contributed by atoms with Gasteiger partial charge in [0.25, 0.3) is 0 Å². The molecule has 5 nitrogen and oxygen atoms in total. The third-order valence-electron chi connectivity index (χ3n) is 5.55. The van der Waals surface area contributed by atoms with E-state index in [2.05, 4.69) is 20.2 Å². The second-order valence-corrected chi connectivity index (χ2v) is 7.11. The largest absolute Gasteiger partial charge is 0.353 e. The van der Waals surface area contributed by atoms with Crippen molar-refractivity contribution in [1.82, 2.24) is 15.3 Å². The zero-order chi connectivity index (χ0) is 15.1. The van der Waals surface area contributed by atoms with Gasteiger partial charge in [-0.1, -0.05) is 6.42 Å². The third kappa shape index (κ3) is 2.57. The Kier molecular flexibility index (Phi) is 3.51. The number of carbonyl (C=O) groups is 1. The zero-order valence-electron chi connectivity index (χ0n) is 13.2. The number of rotatable bonds is 4. The van der Waals surface area contributed by atoms with Crippen molar-refractivity contribution in [3.05, 3.63) is 18.1 Å². The van der Waals surface area contributed by atoms with Gasteiger partial charge in [0.1, 0.15) is 5.82 Å². The predicted molar refractivity (Wildman–Crippen MR) is 84.5 cm³/mol. The van der Waals surface area contributed by atoms with E-state index in [0.717, 1.165) is 43.4 Å². The molecule has 3 fully saturated rings. The normalized spacial score (nSPS) is 28.5. The molecule has 0 aromatic carbocycles. The zero-order valence-corrected chi connectivity index (χ0v) is 13.2. The molecule has 3 aliphatic rings. The highest BCUT2D eigenvalue weighted by atomic mass is 16.2. The fourth-order valence-electron chi connectivity index (χ4n) is 3.84. The molecule has 118 valence electrons. The van der Waals surface area contributed by atoms with Crippen LogP contribution >= 0.6 is 0 Å². The van der Waals surface area contributed by atoms with Crippen LogP contribution in [0.5, 0.6) is 0 Å². The van der Waals surface area contributed by atoms with Crippen molar-refractivity contribution in [3.8, 4) is 0 Å². The first-order valence-corrected chi connectivity index (χ1v) is 8.55. The maximum Gasteiger partial charge on any atom is 0.223 e. The summed E-state index contributed by atoms with van der Waals surface area (Å²) in [5, 5.41) is 3.34. The molecule has 1 amide bonds. The summed E-state index contributed by atoms with van der Waals surface area (Å²) in [4.78, 5) is 23.5. The summed E-state index contributed by atoms with van der Waals surface area (Å²) < 4.78 is 0. The van der Waals surface area contributed by atoms with Crippen LogP contribution in [0.1, 0.15) is 37.8 Å². The Morgan fingerprint density at radius 1 is 1.18 bits per heavy atom. The maximum atomic E-state index is 12.3. The first-order valence-electron chi connectivity index (χ1n) is 8.55. The predicted octanol–water partition coefficient (Wildman–Crippen LogP) is 1.92. The molecule has 2 aliphatic carbocycles. The van der Waals surface area contributed by atoms with E-state index >= 15 is 0 Å². The highest BCUT2D eigenvalue weighted by Gasteiger charge is 2.44. The Hall–Kier alpha value is -1.65. The van der Waals surface area contributed by atoms with Crippen molar-refractivity contribution in [2.45, 2.75) is 45.1 Å². The molecule has 1 saturated heterocycles. The van der Waals surface area contributed by atoms with E-state index in [1.807, 2.05) is 6.92 Å². The molecule has 0 unspecified atom stereocenters. The molecule has 1 aromatic rings. The van der Waals surface area contributed by atoms with Gasteiger partial charge in [-0.15, -0.1) is 0 Å². The summed E-state index contributed by atoms with van der Waals surface area (Å²) in [6.07, 6.45) is 9.47. The molecule has 5 heteroatoms. The minimum Gasteiger partial charge on any atom is -0.353 e. The first-order chi connectivity index (χ1) is 10.7. The smallest absolute Gasteiger partial charge is 0.223 e. The van der Waals surface area contributed by atoms with Gasteiger partial charge in [0.05, 0.1) is 11.7 Å². The molecule has 0 radical (unpaired) electrons. The Balaban J connectivity index is 1.48. The lowest BCUT2D eigenvalue weighted by Crippen LogP contribution is -2.45. The van der Waals surface area contributed by atoms with Gasteiger partial charge < -0.3 is 10.2 Å². The topological polar surface area (TPSA) is 58.1 Å². The number of hydrogen-bond acceptors (Lipinski definition) is 4. The average molecular weight is 300 g/mol. The SMILES string of the molecule is Cc1nccnc1N1C[C@@H](NC(=O)C2CCC2)[C@H](C2CC2)C1. The quantitative estimate of drug-likeness (QED) is 0.923. The summed E-state index contributed by atoms with van der Waals surface area (Å²) in [5.74, 6) is 2.89. The molecule has 4 rings (SSSR count). The Morgan fingerprint density at radius 2 is 1.95 bits per heavy atom. The van der Waals surface area contributed by atoms with Crippen molar-refractivity contribution in [2.24, 2.45) is 17.8 Å². The van der Waals surface area contributed by atoms with Crippen LogP contribution in [0, 0.1) is 24.7 Å². The molecule has 0 bridgehead atoms. The van der Waals surface area contributed by atoms with E-state index in [1.54, 1.807) is 12.4 Å². The van der Waals surface area contributed by atoms with Crippen molar-refractivity contribution < 1.29 is 4.79 Å². The van der Waals surface area contributed by atoms with Crippen molar-refractivity contribution in [3.63, 3.8) is 0 Å². The molecule has 22 heavy (non-hydrogen) atoms. The molecular formula is C17H24N4O. The van der Waals surface area contributed by atoms with Gasteiger partial charge >= 0.3 is 0 Å². The van der Waals surface area contributed by atoms with Crippen LogP contribution in [0.4, 0.5) is 5.82 Å². The van der Waals surface area contributed by atoms with E-state index in [-0.39, 0.29) is 17.9 Å². The van der Waals surface area contributed by atoms with E-state index in [4.69, 9.17) is 0 Å². The molecular weight excluding hydrogens is 276 g/mol. The Labute approximate surface area is 131 Å². The van der Waals surface area contributed by atoms with Crippen LogP contribution in [0.25, 0.3) is 0 Å². The third-order valence-corrected chi connectivity index (χ3v) is 5.55. The fraction of sp³-hybridized carbons (Fsp3) is 0.706. The summed E-state index contributed by atoms with van der Waals surface area (Å²) in [5.41, 5.74) is 0.975. The van der Waals surface area contributed by atoms with E-state index in [9.17, 15) is 4.79 Å². The first kappa shape index (κ1) is 14.0. The van der Waals surface area contributed by atoms with Crippen LogP contribution in [-0.4, -0.2) is 35.0 Å². The van der Waals surface area contributed by atoms with Gasteiger partial charge in [-0.05, 0) is 38.5 Å². The number of hydrogen-bond donors (Lipinski definition) is 1. The fourth-order valence-corrected chi connectivity index (χ4v) is 3.84. The van der Waals surface area contributed by atoms with Crippen LogP contribution in [0.3, 0.4) is 0 Å². The minimum atomic E-state index is 0.271. The second-order valence-electron chi connectivity index (χ2n) is 7.11.